The van der Waals surface area contributed by atoms with E-state index in [0.29, 0.717) is 12.3 Å². The van der Waals surface area contributed by atoms with Crippen molar-refractivity contribution in [3.8, 4) is 0 Å². The van der Waals surface area contributed by atoms with E-state index in [2.05, 4.69) is 83.9 Å². The fourth-order valence-corrected chi connectivity index (χ4v) is 6.32. The highest BCUT2D eigenvalue weighted by atomic mass is 79.9. The topological polar surface area (TPSA) is 38.1 Å². The van der Waals surface area contributed by atoms with Crippen LogP contribution in [-0.2, 0) is 6.54 Å². The van der Waals surface area contributed by atoms with Crippen molar-refractivity contribution in [1.82, 2.24) is 9.55 Å². The number of halogens is 2. The molecule has 0 spiro atoms. The highest BCUT2D eigenvalue weighted by Crippen LogP contribution is 2.34. The summed E-state index contributed by atoms with van der Waals surface area (Å²) in [5.74, 6) is 0.605. The largest absolute Gasteiger partial charge is 0.390 e. The number of fused-ring (bicyclic) bond motifs is 4. The van der Waals surface area contributed by atoms with Crippen molar-refractivity contribution in [2.45, 2.75) is 17.0 Å². The second-order valence-electron chi connectivity index (χ2n) is 6.85. The Morgan fingerprint density at radius 2 is 1.62 bits per heavy atom. The minimum atomic E-state index is -0.474. The van der Waals surface area contributed by atoms with Crippen molar-refractivity contribution in [2.75, 3.05) is 5.75 Å². The molecule has 2 heterocycles. The first-order chi connectivity index (χ1) is 14.1. The van der Waals surface area contributed by atoms with Crippen LogP contribution >= 0.6 is 55.0 Å². The molecule has 3 nitrogen and oxygen atoms in total. The Bertz CT molecular complexity index is 1250. The van der Waals surface area contributed by atoms with Crippen LogP contribution in [0.15, 0.2) is 73.9 Å². The molecule has 0 radical (unpaired) electrons. The van der Waals surface area contributed by atoms with Crippen LogP contribution in [0.5, 0.6) is 0 Å². The highest BCUT2D eigenvalue weighted by Gasteiger charge is 2.15. The number of rotatable bonds is 5. The number of thiazole rings is 1. The van der Waals surface area contributed by atoms with Crippen LogP contribution in [0.1, 0.15) is 0 Å². The zero-order chi connectivity index (χ0) is 20.0. The van der Waals surface area contributed by atoms with Gasteiger partial charge in [0.25, 0.3) is 0 Å². The summed E-state index contributed by atoms with van der Waals surface area (Å²) in [7, 11) is 0. The van der Waals surface area contributed by atoms with Gasteiger partial charge in [-0.25, -0.2) is 4.98 Å². The van der Waals surface area contributed by atoms with E-state index in [1.807, 2.05) is 18.2 Å². The first-order valence-corrected chi connectivity index (χ1v) is 12.5. The zero-order valence-electron chi connectivity index (χ0n) is 15.2. The Morgan fingerprint density at radius 1 is 0.966 bits per heavy atom. The molecule has 146 valence electrons. The number of hydrogen-bond acceptors (Lipinski definition) is 4. The average Bonchev–Trinajstić information content (AvgIpc) is 3.25. The van der Waals surface area contributed by atoms with Crippen molar-refractivity contribution in [2.24, 2.45) is 0 Å². The van der Waals surface area contributed by atoms with E-state index in [1.54, 1.807) is 23.1 Å². The fourth-order valence-electron chi connectivity index (χ4n) is 3.59. The summed E-state index contributed by atoms with van der Waals surface area (Å²) in [5, 5.41) is 13.2. The standard InChI is InChI=1S/C22H16Br2N2OS2/c23-13-5-7-19-16(9-13)17-10-14(24)6-8-20(17)26(19)11-15(27)12-28-22-25-18-3-1-2-4-21(18)29-22/h1-10,15,27H,11-12H2. The van der Waals surface area contributed by atoms with Gasteiger partial charge in [0.2, 0.25) is 0 Å². The molecule has 3 aromatic carbocycles. The first-order valence-electron chi connectivity index (χ1n) is 9.12. The quantitative estimate of drug-likeness (QED) is 0.239. The lowest BCUT2D eigenvalue weighted by Crippen LogP contribution is -2.18. The second-order valence-corrected chi connectivity index (χ2v) is 11.0. The van der Waals surface area contributed by atoms with Crippen molar-refractivity contribution in [3.63, 3.8) is 0 Å². The van der Waals surface area contributed by atoms with Crippen LogP contribution in [0.3, 0.4) is 0 Å². The predicted octanol–water partition coefficient (Wildman–Crippen LogP) is 7.08. The maximum atomic E-state index is 10.8. The normalized spacial score (nSPS) is 12.9. The van der Waals surface area contributed by atoms with Gasteiger partial charge in [-0.3, -0.25) is 0 Å². The van der Waals surface area contributed by atoms with E-state index in [0.717, 1.165) is 29.8 Å². The van der Waals surface area contributed by atoms with Gasteiger partial charge in [-0.1, -0.05) is 55.8 Å². The summed E-state index contributed by atoms with van der Waals surface area (Å²) < 4.78 is 6.50. The third kappa shape index (κ3) is 3.86. The van der Waals surface area contributed by atoms with Gasteiger partial charge < -0.3 is 9.67 Å². The smallest absolute Gasteiger partial charge is 0.151 e. The molecule has 5 rings (SSSR count). The molecule has 0 amide bonds. The number of aromatic nitrogens is 2. The van der Waals surface area contributed by atoms with Crippen molar-refractivity contribution in [1.29, 1.82) is 0 Å². The van der Waals surface area contributed by atoms with Gasteiger partial charge in [0.1, 0.15) is 0 Å². The monoisotopic (exact) mass is 546 g/mol. The maximum Gasteiger partial charge on any atom is 0.151 e. The Morgan fingerprint density at radius 3 is 2.28 bits per heavy atom. The fraction of sp³-hybridized carbons (Fsp3) is 0.136. The van der Waals surface area contributed by atoms with E-state index < -0.39 is 6.10 Å². The minimum absolute atomic E-state index is 0.474. The number of hydrogen-bond donors (Lipinski definition) is 1. The molecule has 0 aliphatic carbocycles. The number of para-hydroxylation sites is 1. The molecule has 0 bridgehead atoms. The Kier molecular flexibility index (Phi) is 5.43. The summed E-state index contributed by atoms with van der Waals surface area (Å²) in [4.78, 5) is 4.65. The van der Waals surface area contributed by atoms with E-state index in [4.69, 9.17) is 0 Å². The third-order valence-corrected chi connectivity index (χ3v) is 8.17. The van der Waals surface area contributed by atoms with Crippen LogP contribution in [-0.4, -0.2) is 26.5 Å². The molecular weight excluding hydrogens is 532 g/mol. The van der Waals surface area contributed by atoms with Crippen LogP contribution in [0, 0.1) is 0 Å². The van der Waals surface area contributed by atoms with Crippen molar-refractivity contribution < 1.29 is 5.11 Å². The Labute approximate surface area is 193 Å². The van der Waals surface area contributed by atoms with Crippen LogP contribution in [0.4, 0.5) is 0 Å². The molecule has 1 atom stereocenters. The molecule has 7 heteroatoms. The lowest BCUT2D eigenvalue weighted by molar-refractivity contribution is 0.181. The van der Waals surface area contributed by atoms with Gasteiger partial charge in [-0.15, -0.1) is 11.3 Å². The molecular formula is C22H16Br2N2OS2. The Balaban J connectivity index is 1.42. The van der Waals surface area contributed by atoms with Gasteiger partial charge in [-0.2, -0.15) is 0 Å². The highest BCUT2D eigenvalue weighted by molar-refractivity contribution is 9.10. The van der Waals surface area contributed by atoms with Crippen molar-refractivity contribution >= 4 is 87.0 Å². The summed E-state index contributed by atoms with van der Waals surface area (Å²) in [6.07, 6.45) is -0.474. The van der Waals surface area contributed by atoms with Gasteiger partial charge in [0.05, 0.1) is 22.9 Å². The average molecular weight is 548 g/mol. The summed E-state index contributed by atoms with van der Waals surface area (Å²) in [5.41, 5.74) is 3.28. The lowest BCUT2D eigenvalue weighted by Gasteiger charge is -2.13. The van der Waals surface area contributed by atoms with E-state index in [9.17, 15) is 5.11 Å². The number of aliphatic hydroxyl groups excluding tert-OH is 1. The van der Waals surface area contributed by atoms with E-state index in [1.165, 1.54) is 15.5 Å². The van der Waals surface area contributed by atoms with Crippen molar-refractivity contribution in [3.05, 3.63) is 69.6 Å². The molecule has 0 saturated carbocycles. The zero-order valence-corrected chi connectivity index (χ0v) is 20.0. The van der Waals surface area contributed by atoms with Crippen LogP contribution < -0.4 is 0 Å². The van der Waals surface area contributed by atoms with Gasteiger partial charge >= 0.3 is 0 Å². The summed E-state index contributed by atoms with van der Waals surface area (Å²) in [6, 6.07) is 20.8. The number of aliphatic hydroxyl groups is 1. The van der Waals surface area contributed by atoms with E-state index >= 15 is 0 Å². The number of thioether (sulfide) groups is 1. The second kappa shape index (κ2) is 8.04. The summed E-state index contributed by atoms with van der Waals surface area (Å²) in [6.45, 7) is 0.543. The third-order valence-electron chi connectivity index (χ3n) is 4.86. The molecule has 0 saturated heterocycles. The molecule has 1 N–H and O–H groups in total. The molecule has 0 fully saturated rings. The Hall–Kier alpha value is -1.38. The first kappa shape index (κ1) is 19.6. The minimum Gasteiger partial charge on any atom is -0.390 e. The molecule has 1 unspecified atom stereocenters. The number of benzene rings is 3. The van der Waals surface area contributed by atoms with Crippen LogP contribution in [0.25, 0.3) is 32.0 Å². The van der Waals surface area contributed by atoms with Gasteiger partial charge in [0.15, 0.2) is 4.34 Å². The molecule has 2 aromatic heterocycles. The number of nitrogens with zero attached hydrogens (tertiary/aromatic N) is 2. The molecule has 0 aliphatic heterocycles. The molecule has 5 aromatic rings. The van der Waals surface area contributed by atoms with E-state index in [-0.39, 0.29) is 0 Å². The lowest BCUT2D eigenvalue weighted by atomic mass is 10.2. The predicted molar refractivity (Wildman–Crippen MR) is 131 cm³/mol. The molecule has 29 heavy (non-hydrogen) atoms. The van der Waals surface area contributed by atoms with Gasteiger partial charge in [-0.05, 0) is 48.5 Å². The maximum absolute atomic E-state index is 10.8. The van der Waals surface area contributed by atoms with Gasteiger partial charge in [0, 0.05) is 36.5 Å². The molecule has 0 aliphatic rings. The SMILES string of the molecule is OC(CSc1nc2ccccc2s1)Cn1c2ccc(Br)cc2c2cc(Br)ccc21. The summed E-state index contributed by atoms with van der Waals surface area (Å²) >= 11 is 10.5. The van der Waals surface area contributed by atoms with Crippen LogP contribution in [0.2, 0.25) is 0 Å².